The van der Waals surface area contributed by atoms with Crippen molar-refractivity contribution < 1.29 is 23.4 Å². The number of ether oxygens (including phenoxy) is 2. The third kappa shape index (κ3) is 10.0. The Hall–Kier alpha value is 0.494. The zero-order chi connectivity index (χ0) is 35.0. The van der Waals surface area contributed by atoms with Crippen molar-refractivity contribution in [2.75, 3.05) is 11.5 Å². The normalized spacial score (nSPS) is 28.2. The standard InChI is InChI=1S/C36H70O5S2Si2/c1-19-28(37)32-26(5)31(38-35(13,14)39-32)27(6)36(42-21-20-22-43-36)23-29(40-44(15,16)33(7,8)9)25(4)30(24(2)3)41-45(17,18)34(10,11)12/h1,24-32,37H,20-23H2,2-18H3/t25-,26-,27-,28-,29+,30+,31+,32+/m0/s1. The van der Waals surface area contributed by atoms with Crippen molar-refractivity contribution >= 4 is 40.2 Å². The predicted molar refractivity (Wildman–Crippen MR) is 202 cm³/mol. The van der Waals surface area contributed by atoms with Crippen molar-refractivity contribution in [2.24, 2.45) is 23.7 Å². The molecule has 1 N–H and O–H groups in total. The molecule has 0 spiro atoms. The zero-order valence-corrected chi connectivity index (χ0v) is 35.6. The lowest BCUT2D eigenvalue weighted by atomic mass is 9.80. The first-order chi connectivity index (χ1) is 20.2. The molecular formula is C36H70O5S2Si2. The van der Waals surface area contributed by atoms with Crippen molar-refractivity contribution in [3.63, 3.8) is 0 Å². The maximum Gasteiger partial charge on any atom is 0.192 e. The first kappa shape index (κ1) is 41.7. The molecule has 2 fully saturated rings. The number of rotatable bonds is 12. The number of thioether (sulfide) groups is 2. The second kappa shape index (κ2) is 15.2. The van der Waals surface area contributed by atoms with E-state index in [1.807, 2.05) is 13.8 Å². The van der Waals surface area contributed by atoms with Crippen LogP contribution in [0.3, 0.4) is 0 Å². The fourth-order valence-corrected chi connectivity index (χ4v) is 12.8. The highest BCUT2D eigenvalue weighted by Crippen LogP contribution is 2.56. The van der Waals surface area contributed by atoms with E-state index < -0.39 is 34.6 Å². The summed E-state index contributed by atoms with van der Waals surface area (Å²) in [6.07, 6.45) is 6.35. The van der Waals surface area contributed by atoms with Gasteiger partial charge in [-0.25, -0.2) is 0 Å². The summed E-state index contributed by atoms with van der Waals surface area (Å²) in [5.74, 6) is 4.58. The molecule has 0 saturated carbocycles. The van der Waals surface area contributed by atoms with Crippen molar-refractivity contribution in [1.29, 1.82) is 0 Å². The summed E-state index contributed by atoms with van der Waals surface area (Å²) in [4.78, 5) is 0. The molecule has 0 aromatic carbocycles. The van der Waals surface area contributed by atoms with Gasteiger partial charge in [0.25, 0.3) is 0 Å². The van der Waals surface area contributed by atoms with Crippen LogP contribution >= 0.6 is 23.5 Å². The quantitative estimate of drug-likeness (QED) is 0.161. The fraction of sp³-hybridized carbons (Fsp3) is 0.944. The smallest absolute Gasteiger partial charge is 0.192 e. The molecule has 0 aliphatic carbocycles. The lowest BCUT2D eigenvalue weighted by molar-refractivity contribution is -0.336. The molecule has 0 amide bonds. The van der Waals surface area contributed by atoms with Gasteiger partial charge < -0.3 is 23.4 Å². The van der Waals surface area contributed by atoms with Gasteiger partial charge in [-0.05, 0) is 80.4 Å². The summed E-state index contributed by atoms with van der Waals surface area (Å²) in [5, 5.41) is 11.0. The molecule has 0 aromatic rings. The Labute approximate surface area is 289 Å². The highest BCUT2D eigenvalue weighted by atomic mass is 32.2. The first-order valence-electron chi connectivity index (χ1n) is 17.4. The monoisotopic (exact) mass is 702 g/mol. The van der Waals surface area contributed by atoms with Crippen molar-refractivity contribution in [3.05, 3.63) is 0 Å². The van der Waals surface area contributed by atoms with Crippen LogP contribution in [-0.2, 0) is 18.3 Å². The van der Waals surface area contributed by atoms with Gasteiger partial charge in [-0.3, -0.25) is 0 Å². The van der Waals surface area contributed by atoms with Gasteiger partial charge in [-0.15, -0.1) is 29.9 Å². The van der Waals surface area contributed by atoms with Gasteiger partial charge in [0.1, 0.15) is 12.2 Å². The highest BCUT2D eigenvalue weighted by molar-refractivity contribution is 8.18. The second-order valence-corrected chi connectivity index (χ2v) is 30.4. The summed E-state index contributed by atoms with van der Waals surface area (Å²) < 4.78 is 27.7. The minimum Gasteiger partial charge on any atom is -0.413 e. The van der Waals surface area contributed by atoms with E-state index in [9.17, 15) is 5.11 Å². The molecule has 8 atom stereocenters. The molecule has 45 heavy (non-hydrogen) atoms. The third-order valence-electron chi connectivity index (χ3n) is 11.3. The molecule has 2 aliphatic heterocycles. The molecule has 0 radical (unpaired) electrons. The van der Waals surface area contributed by atoms with Crippen LogP contribution in [0.1, 0.15) is 103 Å². The van der Waals surface area contributed by atoms with Crippen LogP contribution in [0.2, 0.25) is 36.3 Å². The molecule has 9 heteroatoms. The van der Waals surface area contributed by atoms with Crippen LogP contribution in [0.25, 0.3) is 0 Å². The maximum absolute atomic E-state index is 10.8. The minimum absolute atomic E-state index is 0.0267. The van der Waals surface area contributed by atoms with Crippen molar-refractivity contribution in [2.45, 2.75) is 180 Å². The van der Waals surface area contributed by atoms with Gasteiger partial charge in [0.15, 0.2) is 22.4 Å². The van der Waals surface area contributed by atoms with Crippen LogP contribution < -0.4 is 0 Å². The van der Waals surface area contributed by atoms with Gasteiger partial charge in [-0.1, -0.05) is 82.1 Å². The van der Waals surface area contributed by atoms with E-state index in [1.54, 1.807) is 0 Å². The van der Waals surface area contributed by atoms with Gasteiger partial charge in [0.2, 0.25) is 0 Å². The van der Waals surface area contributed by atoms with E-state index >= 15 is 0 Å². The van der Waals surface area contributed by atoms with Crippen LogP contribution in [-0.4, -0.2) is 73.6 Å². The zero-order valence-electron chi connectivity index (χ0n) is 32.0. The van der Waals surface area contributed by atoms with E-state index in [2.05, 4.69) is 132 Å². The molecule has 0 unspecified atom stereocenters. The molecule has 0 bridgehead atoms. The molecule has 5 nitrogen and oxygen atoms in total. The summed E-state index contributed by atoms with van der Waals surface area (Å²) >= 11 is 4.18. The van der Waals surface area contributed by atoms with E-state index in [0.29, 0.717) is 5.92 Å². The maximum atomic E-state index is 10.8. The van der Waals surface area contributed by atoms with E-state index in [-0.39, 0.29) is 50.2 Å². The molecule has 0 aromatic heterocycles. The minimum atomic E-state index is -2.13. The Morgan fingerprint density at radius 3 is 1.80 bits per heavy atom. The number of aliphatic hydroxyl groups is 1. The van der Waals surface area contributed by atoms with Crippen LogP contribution in [0.5, 0.6) is 0 Å². The van der Waals surface area contributed by atoms with E-state index in [0.717, 1.165) is 17.9 Å². The summed E-state index contributed by atoms with van der Waals surface area (Å²) in [6, 6.07) is 0. The molecule has 264 valence electrons. The lowest BCUT2D eigenvalue weighted by Gasteiger charge is -2.54. The van der Waals surface area contributed by atoms with Gasteiger partial charge in [-0.2, -0.15) is 0 Å². The van der Waals surface area contributed by atoms with Crippen LogP contribution in [0, 0.1) is 36.0 Å². The van der Waals surface area contributed by atoms with Crippen LogP contribution in [0.15, 0.2) is 0 Å². The fourth-order valence-electron chi connectivity index (χ4n) is 6.25. The van der Waals surface area contributed by atoms with Gasteiger partial charge in [0, 0.05) is 17.8 Å². The summed E-state index contributed by atoms with van der Waals surface area (Å²) in [7, 11) is -4.16. The SMILES string of the molecule is C#C[C@H](O)[C@@H]1OC(C)(C)O[C@@H]([C@H](C)C2(C[C@@H](O[Si](C)(C)C(C)(C)C)[C@H](C)[C@H](O[Si](C)(C)C(C)(C)C)C(C)C)SCCCS2)[C@@H]1C. The number of hydrogen-bond acceptors (Lipinski definition) is 7. The Balaban J connectivity index is 2.63. The van der Waals surface area contributed by atoms with Gasteiger partial charge in [0.05, 0.1) is 22.4 Å². The first-order valence-corrected chi connectivity index (χ1v) is 25.1. The highest BCUT2D eigenvalue weighted by Gasteiger charge is 2.54. The van der Waals surface area contributed by atoms with Crippen molar-refractivity contribution in [3.8, 4) is 12.3 Å². The van der Waals surface area contributed by atoms with Gasteiger partial charge >= 0.3 is 0 Å². The Morgan fingerprint density at radius 1 is 0.889 bits per heavy atom. The molecule has 2 heterocycles. The number of aliphatic hydroxyl groups excluding tert-OH is 1. The number of terminal acetylenes is 1. The lowest BCUT2D eigenvalue weighted by Crippen LogP contribution is -2.59. The third-order valence-corrected chi connectivity index (χ3v) is 24.0. The van der Waals surface area contributed by atoms with E-state index in [1.165, 1.54) is 6.42 Å². The molecule has 2 aliphatic rings. The van der Waals surface area contributed by atoms with Crippen molar-refractivity contribution in [1.82, 2.24) is 0 Å². The summed E-state index contributed by atoms with van der Waals surface area (Å²) in [5.41, 5.74) is 0. The Bertz CT molecular complexity index is 991. The average Bonchev–Trinajstić information content (AvgIpc) is 2.90. The Kier molecular flexibility index (Phi) is 14.0. The molecule has 2 rings (SSSR count). The largest absolute Gasteiger partial charge is 0.413 e. The molecule has 2 saturated heterocycles. The summed E-state index contributed by atoms with van der Waals surface area (Å²) in [6.45, 7) is 38.9. The molecular weight excluding hydrogens is 633 g/mol. The second-order valence-electron chi connectivity index (χ2n) is 17.8. The Morgan fingerprint density at radius 2 is 1.36 bits per heavy atom. The number of hydrogen-bond donors (Lipinski definition) is 1. The topological polar surface area (TPSA) is 57.2 Å². The predicted octanol–water partition coefficient (Wildman–Crippen LogP) is 9.80. The van der Waals surface area contributed by atoms with E-state index in [4.69, 9.17) is 24.7 Å². The average molecular weight is 703 g/mol. The van der Waals surface area contributed by atoms with Crippen LogP contribution in [0.4, 0.5) is 0 Å².